The third kappa shape index (κ3) is 8.45. The van der Waals surface area contributed by atoms with Crippen molar-refractivity contribution in [1.82, 2.24) is 29.8 Å². The Bertz CT molecular complexity index is 1970. The Morgan fingerprint density at radius 2 is 1.73 bits per heavy atom. The third-order valence-corrected chi connectivity index (χ3v) is 11.5. The lowest BCUT2D eigenvalue weighted by Crippen LogP contribution is -2.62. The van der Waals surface area contributed by atoms with Gasteiger partial charge in [0.25, 0.3) is 0 Å². The number of nitrogens with zero attached hydrogens (tertiary/aromatic N) is 4. The van der Waals surface area contributed by atoms with Gasteiger partial charge in [0.2, 0.25) is 21.8 Å². The van der Waals surface area contributed by atoms with Crippen LogP contribution in [0, 0.1) is 5.92 Å². The van der Waals surface area contributed by atoms with Crippen LogP contribution >= 0.6 is 0 Å². The topological polar surface area (TPSA) is 165 Å². The number of nitrogens with one attached hydrogen (secondary N) is 2. The number of pyridine rings is 2. The van der Waals surface area contributed by atoms with Gasteiger partial charge in [-0.1, -0.05) is 36.4 Å². The fourth-order valence-electron chi connectivity index (χ4n) is 7.16. The molecule has 0 unspecified atom stereocenters. The Kier molecular flexibility index (Phi) is 10.8. The van der Waals surface area contributed by atoms with Crippen LogP contribution in [0.5, 0.6) is 0 Å². The van der Waals surface area contributed by atoms with E-state index in [4.69, 9.17) is 0 Å². The quantitative estimate of drug-likeness (QED) is 0.183. The Morgan fingerprint density at radius 1 is 0.980 bits per heavy atom. The maximum atomic E-state index is 14.1. The van der Waals surface area contributed by atoms with Crippen molar-refractivity contribution in [3.63, 3.8) is 0 Å². The van der Waals surface area contributed by atoms with Crippen molar-refractivity contribution in [3.05, 3.63) is 102 Å². The van der Waals surface area contributed by atoms with Gasteiger partial charge in [0.1, 0.15) is 6.04 Å². The number of hydrogen-bond donors (Lipinski definition) is 4. The molecule has 270 valence electrons. The van der Waals surface area contributed by atoms with E-state index in [9.17, 15) is 28.2 Å². The van der Waals surface area contributed by atoms with Gasteiger partial charge in [-0.15, -0.1) is 0 Å². The van der Waals surface area contributed by atoms with Gasteiger partial charge in [-0.25, -0.2) is 8.42 Å². The zero-order valence-corrected chi connectivity index (χ0v) is 30.0. The third-order valence-electron chi connectivity index (χ3n) is 9.62. The van der Waals surface area contributed by atoms with Crippen LogP contribution in [-0.4, -0.2) is 99.6 Å². The highest BCUT2D eigenvalue weighted by Gasteiger charge is 2.40. The van der Waals surface area contributed by atoms with Crippen LogP contribution in [0.1, 0.15) is 49.9 Å². The Morgan fingerprint density at radius 3 is 2.49 bits per heavy atom. The Labute approximate surface area is 299 Å². The summed E-state index contributed by atoms with van der Waals surface area (Å²) in [5.74, 6) is -1.31. The summed E-state index contributed by atoms with van der Waals surface area (Å²) in [6.07, 6.45) is 5.50. The van der Waals surface area contributed by atoms with E-state index < -0.39 is 45.8 Å². The first-order valence-corrected chi connectivity index (χ1v) is 18.8. The molecule has 2 aromatic heterocycles. The van der Waals surface area contributed by atoms with Crippen LogP contribution in [0.25, 0.3) is 10.8 Å². The molecule has 1 aliphatic carbocycles. The van der Waals surface area contributed by atoms with Gasteiger partial charge < -0.3 is 20.8 Å². The molecule has 12 nitrogen and oxygen atoms in total. The van der Waals surface area contributed by atoms with Gasteiger partial charge in [-0.2, -0.15) is 4.31 Å². The highest BCUT2D eigenvalue weighted by Crippen LogP contribution is 2.32. The van der Waals surface area contributed by atoms with Crippen LogP contribution < -0.4 is 10.6 Å². The molecule has 13 heteroatoms. The maximum absolute atomic E-state index is 14.1. The molecule has 5 atom stereocenters. The van der Waals surface area contributed by atoms with Crippen molar-refractivity contribution in [2.24, 2.45) is 5.92 Å². The molecular formula is C38H46N6O6S. The smallest absolute Gasteiger partial charge is 0.243 e. The van der Waals surface area contributed by atoms with Crippen molar-refractivity contribution in [3.8, 4) is 0 Å². The van der Waals surface area contributed by atoms with Crippen LogP contribution in [0.2, 0.25) is 0 Å². The number of piperazine rings is 1. The van der Waals surface area contributed by atoms with Gasteiger partial charge in [-0.3, -0.25) is 24.5 Å². The van der Waals surface area contributed by atoms with Crippen molar-refractivity contribution in [1.29, 1.82) is 0 Å². The minimum atomic E-state index is -4.01. The van der Waals surface area contributed by atoms with Crippen LogP contribution in [0.3, 0.4) is 0 Å². The van der Waals surface area contributed by atoms with Gasteiger partial charge in [0, 0.05) is 74.2 Å². The van der Waals surface area contributed by atoms with E-state index in [1.54, 1.807) is 41.7 Å². The van der Waals surface area contributed by atoms with Gasteiger partial charge in [0.15, 0.2) is 0 Å². The molecule has 0 spiro atoms. The van der Waals surface area contributed by atoms with E-state index in [0.717, 1.165) is 22.1 Å². The van der Waals surface area contributed by atoms with Gasteiger partial charge >= 0.3 is 0 Å². The van der Waals surface area contributed by atoms with Crippen LogP contribution in [0.4, 0.5) is 0 Å². The standard InChI is InChI=1S/C38H46N6O6S/c1-38(2,3)42-37(48)32-24-44(51(49,50)34-10-6-8-26-13-16-40-22-31(26)34)18-17-43(32)23-29(45)20-28(19-25-11-14-39-15-12-25)36(47)41-35-30-9-5-4-7-27(30)21-33(35)46/h4-16,22,28-29,32-33,35,45-46H,17-21,23-24H2,1-3H3,(H,41,47)(H,42,48)/t28-,29+,32+,33-,35+/m1/s1. The molecular weight excluding hydrogens is 669 g/mol. The number of aliphatic hydroxyl groups is 2. The van der Waals surface area contributed by atoms with E-state index in [0.29, 0.717) is 18.2 Å². The number of rotatable bonds is 11. The number of carbonyl (C=O) groups is 2. The summed E-state index contributed by atoms with van der Waals surface area (Å²) < 4.78 is 29.4. The van der Waals surface area contributed by atoms with E-state index in [1.165, 1.54) is 10.5 Å². The molecule has 4 aromatic rings. The first kappa shape index (κ1) is 36.5. The molecule has 6 rings (SSSR count). The summed E-state index contributed by atoms with van der Waals surface area (Å²) in [7, 11) is -4.01. The minimum absolute atomic E-state index is 0.0450. The van der Waals surface area contributed by atoms with E-state index in [1.807, 2.05) is 63.2 Å². The molecule has 51 heavy (non-hydrogen) atoms. The monoisotopic (exact) mass is 714 g/mol. The predicted octanol–water partition coefficient (Wildman–Crippen LogP) is 2.60. The number of carbonyl (C=O) groups excluding carboxylic acids is 2. The number of fused-ring (bicyclic) bond motifs is 2. The second-order valence-corrected chi connectivity index (χ2v) is 16.5. The molecule has 2 amide bonds. The van der Waals surface area contributed by atoms with Crippen molar-refractivity contribution >= 4 is 32.6 Å². The van der Waals surface area contributed by atoms with E-state index in [2.05, 4.69) is 20.6 Å². The first-order valence-electron chi connectivity index (χ1n) is 17.3. The molecule has 0 saturated carbocycles. The average molecular weight is 715 g/mol. The zero-order chi connectivity index (χ0) is 36.3. The maximum Gasteiger partial charge on any atom is 0.243 e. The van der Waals surface area contributed by atoms with Crippen molar-refractivity contribution < 1.29 is 28.2 Å². The van der Waals surface area contributed by atoms with Gasteiger partial charge in [0.05, 0.1) is 23.1 Å². The molecule has 1 fully saturated rings. The summed E-state index contributed by atoms with van der Waals surface area (Å²) in [6, 6.07) is 16.6. The lowest BCUT2D eigenvalue weighted by molar-refractivity contribution is -0.131. The number of benzene rings is 2. The number of hydrogen-bond acceptors (Lipinski definition) is 9. The normalized spacial score (nSPS) is 21.2. The predicted molar refractivity (Wildman–Crippen MR) is 193 cm³/mol. The Hall–Kier alpha value is -4.27. The average Bonchev–Trinajstić information content (AvgIpc) is 3.41. The molecule has 4 N–H and O–H groups in total. The number of amides is 2. The lowest BCUT2D eigenvalue weighted by Gasteiger charge is -2.41. The highest BCUT2D eigenvalue weighted by atomic mass is 32.2. The summed E-state index contributed by atoms with van der Waals surface area (Å²) in [5.41, 5.74) is 2.15. The van der Waals surface area contributed by atoms with Crippen LogP contribution in [-0.2, 0) is 32.5 Å². The molecule has 1 saturated heterocycles. The lowest BCUT2D eigenvalue weighted by atomic mass is 9.92. The van der Waals surface area contributed by atoms with E-state index in [-0.39, 0.29) is 49.3 Å². The molecule has 0 radical (unpaired) electrons. The summed E-state index contributed by atoms with van der Waals surface area (Å²) in [5, 5.41) is 29.7. The number of β-amino-alcohol motifs (C(OH)–C–C–N with tert-alkyl or cyclic N) is 1. The Balaban J connectivity index is 1.21. The summed E-state index contributed by atoms with van der Waals surface area (Å²) in [6.45, 7) is 5.78. The molecule has 3 heterocycles. The largest absolute Gasteiger partial charge is 0.392 e. The summed E-state index contributed by atoms with van der Waals surface area (Å²) >= 11 is 0. The fourth-order valence-corrected chi connectivity index (χ4v) is 8.80. The fraction of sp³-hybridized carbons (Fsp3) is 0.421. The molecule has 2 aliphatic rings. The first-order chi connectivity index (χ1) is 24.3. The molecule has 1 aliphatic heterocycles. The number of sulfonamides is 1. The summed E-state index contributed by atoms with van der Waals surface area (Å²) in [4.78, 5) is 37.8. The van der Waals surface area contributed by atoms with Crippen molar-refractivity contribution in [2.75, 3.05) is 26.2 Å². The number of aliphatic hydroxyl groups excluding tert-OH is 2. The van der Waals surface area contributed by atoms with Gasteiger partial charge in [-0.05, 0) is 80.0 Å². The molecule has 0 bridgehead atoms. The second kappa shape index (κ2) is 15.1. The SMILES string of the molecule is CC(C)(C)NC(=O)[C@@H]1CN(S(=O)(=O)c2cccc3ccncc23)CCN1C[C@@H](O)C[C@@H](Cc1ccncc1)C(=O)N[C@H]1c2ccccc2C[C@H]1O. The van der Waals surface area contributed by atoms with Crippen molar-refractivity contribution in [2.45, 2.75) is 74.8 Å². The highest BCUT2D eigenvalue weighted by molar-refractivity contribution is 7.89. The molecule has 2 aromatic carbocycles. The second-order valence-electron chi connectivity index (χ2n) is 14.6. The zero-order valence-electron chi connectivity index (χ0n) is 29.1. The van der Waals surface area contributed by atoms with E-state index >= 15 is 0 Å². The van der Waals surface area contributed by atoms with Crippen LogP contribution in [0.15, 0.2) is 90.3 Å². The number of aromatic nitrogens is 2. The minimum Gasteiger partial charge on any atom is -0.392 e.